The lowest BCUT2D eigenvalue weighted by molar-refractivity contribution is 0.572. The summed E-state index contributed by atoms with van der Waals surface area (Å²) in [5.74, 6) is -1.57. The number of nitriles is 1. The highest BCUT2D eigenvalue weighted by molar-refractivity contribution is 6.53. The van der Waals surface area contributed by atoms with Crippen LogP contribution in [0.1, 0.15) is 16.7 Å². The molecular weight excluding hydrogens is 282 g/mol. The van der Waals surface area contributed by atoms with Crippen molar-refractivity contribution in [2.75, 3.05) is 0 Å². The maximum Gasteiger partial charge on any atom is 0.137 e. The Morgan fingerprint density at radius 2 is 1.85 bits per heavy atom. The topological polar surface area (TPSA) is 36.7 Å². The first-order chi connectivity index (χ1) is 9.56. The van der Waals surface area contributed by atoms with Crippen LogP contribution in [0.5, 0.6) is 0 Å². The largest absolute Gasteiger partial charge is 0.265 e. The lowest BCUT2D eigenvalue weighted by Crippen LogP contribution is -1.97. The van der Waals surface area contributed by atoms with E-state index in [1.807, 2.05) is 6.07 Å². The molecule has 0 aliphatic rings. The van der Waals surface area contributed by atoms with E-state index in [0.717, 1.165) is 6.07 Å². The van der Waals surface area contributed by atoms with Crippen LogP contribution in [0.4, 0.5) is 8.78 Å². The molecular formula is C15H9ClF2N2. The molecule has 0 aliphatic heterocycles. The van der Waals surface area contributed by atoms with Gasteiger partial charge >= 0.3 is 0 Å². The van der Waals surface area contributed by atoms with E-state index in [4.69, 9.17) is 11.6 Å². The summed E-state index contributed by atoms with van der Waals surface area (Å²) in [6.45, 7) is 1.50. The molecule has 0 saturated heterocycles. The molecule has 0 aliphatic carbocycles. The van der Waals surface area contributed by atoms with E-state index in [9.17, 15) is 14.0 Å². The minimum atomic E-state index is -0.806. The Bertz CT molecular complexity index is 719. The van der Waals surface area contributed by atoms with E-state index < -0.39 is 11.6 Å². The molecule has 0 spiro atoms. The van der Waals surface area contributed by atoms with Gasteiger partial charge in [0.1, 0.15) is 17.7 Å². The van der Waals surface area contributed by atoms with Crippen molar-refractivity contribution in [3.63, 3.8) is 0 Å². The number of hydrogen-bond donors (Lipinski definition) is 0. The second-order valence-electron chi connectivity index (χ2n) is 4.09. The van der Waals surface area contributed by atoms with E-state index in [1.165, 1.54) is 25.4 Å². The molecule has 0 radical (unpaired) electrons. The van der Waals surface area contributed by atoms with Gasteiger partial charge in [0.15, 0.2) is 0 Å². The van der Waals surface area contributed by atoms with Crippen molar-refractivity contribution in [1.82, 2.24) is 4.98 Å². The zero-order chi connectivity index (χ0) is 14.7. The first-order valence-electron chi connectivity index (χ1n) is 5.71. The summed E-state index contributed by atoms with van der Waals surface area (Å²) in [5, 5.41) is 8.95. The van der Waals surface area contributed by atoms with Gasteiger partial charge in [-0.25, -0.2) is 8.78 Å². The molecule has 1 heterocycles. The molecule has 2 rings (SSSR count). The Kier molecular flexibility index (Phi) is 4.11. The van der Waals surface area contributed by atoms with Crippen LogP contribution in [0.15, 0.2) is 36.7 Å². The van der Waals surface area contributed by atoms with Gasteiger partial charge in [0.25, 0.3) is 0 Å². The van der Waals surface area contributed by atoms with Crippen LogP contribution >= 0.6 is 11.6 Å². The number of nitrogens with zero attached hydrogens (tertiary/aromatic N) is 2. The third-order valence-corrected chi connectivity index (χ3v) is 3.18. The predicted molar refractivity (Wildman–Crippen MR) is 73.6 cm³/mol. The summed E-state index contributed by atoms with van der Waals surface area (Å²) in [4.78, 5) is 3.82. The lowest BCUT2D eigenvalue weighted by atomic mass is 10.0. The van der Waals surface area contributed by atoms with E-state index >= 15 is 0 Å². The molecule has 5 heteroatoms. The van der Waals surface area contributed by atoms with E-state index in [-0.39, 0.29) is 21.7 Å². The minimum Gasteiger partial charge on any atom is -0.265 e. The predicted octanol–water partition coefficient (Wildman–Crippen LogP) is 4.30. The van der Waals surface area contributed by atoms with E-state index in [0.29, 0.717) is 5.56 Å². The first-order valence-corrected chi connectivity index (χ1v) is 6.09. The Morgan fingerprint density at radius 1 is 1.20 bits per heavy atom. The molecule has 0 amide bonds. The average molecular weight is 291 g/mol. The number of aromatic nitrogens is 1. The summed E-state index contributed by atoms with van der Waals surface area (Å²) >= 11 is 6.05. The molecule has 0 saturated carbocycles. The standard InChI is InChI=1S/C15H9ClF2N2/c1-9-2-3-12(17)13(15(9)18)14(16)11(8-19)10-4-6-20-7-5-10/h2-7H,1H3/b14-11+. The van der Waals surface area contributed by atoms with Gasteiger partial charge in [0.05, 0.1) is 16.2 Å². The molecule has 0 unspecified atom stereocenters. The second kappa shape index (κ2) is 5.81. The van der Waals surface area contributed by atoms with Gasteiger partial charge in [-0.2, -0.15) is 5.26 Å². The molecule has 0 N–H and O–H groups in total. The Balaban J connectivity index is 2.71. The molecule has 20 heavy (non-hydrogen) atoms. The van der Waals surface area contributed by atoms with Crippen molar-refractivity contribution in [2.24, 2.45) is 0 Å². The third-order valence-electron chi connectivity index (χ3n) is 2.80. The average Bonchev–Trinajstić information content (AvgIpc) is 2.45. The number of aryl methyl sites for hydroxylation is 1. The van der Waals surface area contributed by atoms with Crippen LogP contribution in [0.25, 0.3) is 10.6 Å². The second-order valence-corrected chi connectivity index (χ2v) is 4.47. The smallest absolute Gasteiger partial charge is 0.137 e. The van der Waals surface area contributed by atoms with Crippen molar-refractivity contribution in [3.8, 4) is 6.07 Å². The Morgan fingerprint density at radius 3 is 2.45 bits per heavy atom. The van der Waals surface area contributed by atoms with Crippen LogP contribution in [-0.2, 0) is 0 Å². The highest BCUT2D eigenvalue weighted by Gasteiger charge is 2.19. The van der Waals surface area contributed by atoms with Gasteiger partial charge in [-0.1, -0.05) is 17.7 Å². The van der Waals surface area contributed by atoms with Gasteiger partial charge < -0.3 is 0 Å². The highest BCUT2D eigenvalue weighted by atomic mass is 35.5. The first kappa shape index (κ1) is 14.2. The van der Waals surface area contributed by atoms with Crippen molar-refractivity contribution in [2.45, 2.75) is 6.92 Å². The van der Waals surface area contributed by atoms with Gasteiger partial charge in [0.2, 0.25) is 0 Å². The van der Waals surface area contributed by atoms with Crippen molar-refractivity contribution < 1.29 is 8.78 Å². The monoisotopic (exact) mass is 290 g/mol. The van der Waals surface area contributed by atoms with E-state index in [1.54, 1.807) is 12.1 Å². The van der Waals surface area contributed by atoms with E-state index in [2.05, 4.69) is 4.98 Å². The zero-order valence-electron chi connectivity index (χ0n) is 10.5. The molecule has 2 aromatic rings. The summed E-state index contributed by atoms with van der Waals surface area (Å²) in [7, 11) is 0. The van der Waals surface area contributed by atoms with Crippen molar-refractivity contribution in [1.29, 1.82) is 5.26 Å². The molecule has 0 bridgehead atoms. The summed E-state index contributed by atoms with van der Waals surface area (Å²) in [6.07, 6.45) is 2.94. The maximum absolute atomic E-state index is 14.0. The number of pyridine rings is 1. The number of benzene rings is 1. The van der Waals surface area contributed by atoms with Crippen molar-refractivity contribution >= 4 is 22.2 Å². The van der Waals surface area contributed by atoms with Crippen LogP contribution < -0.4 is 0 Å². The fraction of sp³-hybridized carbons (Fsp3) is 0.0667. The molecule has 100 valence electrons. The SMILES string of the molecule is Cc1ccc(F)c(/C(Cl)=C(/C#N)c2ccncc2)c1F. The summed E-state index contributed by atoms with van der Waals surface area (Å²) in [6, 6.07) is 7.41. The molecule has 1 aromatic carbocycles. The van der Waals surface area contributed by atoms with Crippen LogP contribution in [0.3, 0.4) is 0 Å². The normalized spacial score (nSPS) is 11.8. The van der Waals surface area contributed by atoms with Crippen molar-refractivity contribution in [3.05, 3.63) is 65.0 Å². The van der Waals surface area contributed by atoms with Crippen LogP contribution in [-0.4, -0.2) is 4.98 Å². The third kappa shape index (κ3) is 2.54. The molecule has 1 aromatic heterocycles. The molecule has 0 atom stereocenters. The summed E-state index contributed by atoms with van der Waals surface area (Å²) in [5.41, 5.74) is 0.317. The number of allylic oxidation sites excluding steroid dienone is 1. The number of halogens is 3. The Labute approximate surface area is 120 Å². The maximum atomic E-state index is 14.0. The zero-order valence-corrected chi connectivity index (χ0v) is 11.2. The quantitative estimate of drug-likeness (QED) is 0.773. The van der Waals surface area contributed by atoms with Gasteiger partial charge in [-0.15, -0.1) is 0 Å². The summed E-state index contributed by atoms with van der Waals surface area (Å²) < 4.78 is 27.9. The van der Waals surface area contributed by atoms with Gasteiger partial charge in [-0.3, -0.25) is 4.98 Å². The number of hydrogen-bond acceptors (Lipinski definition) is 2. The fourth-order valence-corrected chi connectivity index (χ4v) is 2.07. The highest BCUT2D eigenvalue weighted by Crippen LogP contribution is 2.33. The molecule has 2 nitrogen and oxygen atoms in total. The van der Waals surface area contributed by atoms with Crippen LogP contribution in [0, 0.1) is 29.9 Å². The number of rotatable bonds is 2. The van der Waals surface area contributed by atoms with Gasteiger partial charge in [0, 0.05) is 12.4 Å². The minimum absolute atomic E-state index is 0.00235. The Hall–Kier alpha value is -2.25. The molecule has 0 fully saturated rings. The van der Waals surface area contributed by atoms with Gasteiger partial charge in [-0.05, 0) is 36.2 Å². The van der Waals surface area contributed by atoms with Crippen LogP contribution in [0.2, 0.25) is 0 Å². The fourth-order valence-electron chi connectivity index (χ4n) is 1.74. The lowest BCUT2D eigenvalue weighted by Gasteiger charge is -2.08.